The maximum Gasteiger partial charge on any atom is 0.245 e. The van der Waals surface area contributed by atoms with Gasteiger partial charge in [-0.3, -0.25) is 4.79 Å². The van der Waals surface area contributed by atoms with Gasteiger partial charge in [0.25, 0.3) is 0 Å². The van der Waals surface area contributed by atoms with Gasteiger partial charge in [-0.1, -0.05) is 35.9 Å². The van der Waals surface area contributed by atoms with E-state index in [1.165, 1.54) is 17.5 Å². The van der Waals surface area contributed by atoms with Crippen molar-refractivity contribution >= 4 is 11.6 Å². The molecule has 0 aliphatic heterocycles. The number of anilines is 1. The van der Waals surface area contributed by atoms with E-state index in [1.54, 1.807) is 0 Å². The minimum Gasteiger partial charge on any atom is -0.324 e. The Bertz CT molecular complexity index is 661. The van der Waals surface area contributed by atoms with E-state index in [4.69, 9.17) is 5.73 Å². The van der Waals surface area contributed by atoms with E-state index in [1.807, 2.05) is 37.3 Å². The van der Waals surface area contributed by atoms with Crippen molar-refractivity contribution in [2.75, 3.05) is 5.32 Å². The van der Waals surface area contributed by atoms with Crippen LogP contribution in [0.25, 0.3) is 0 Å². The summed E-state index contributed by atoms with van der Waals surface area (Å²) in [5.41, 5.74) is 11.6. The minimum absolute atomic E-state index is 0.170. The Balaban J connectivity index is 1.72. The van der Waals surface area contributed by atoms with Gasteiger partial charge in [-0.05, 0) is 55.0 Å². The fraction of sp³-hybridized carbons (Fsp3) is 0.278. The predicted octanol–water partition coefficient (Wildman–Crippen LogP) is 3.12. The van der Waals surface area contributed by atoms with Gasteiger partial charge in [0.15, 0.2) is 0 Å². The Morgan fingerprint density at radius 2 is 1.81 bits per heavy atom. The molecule has 0 heterocycles. The number of carbonyl (C=O) groups is 1. The molecule has 3 heteroatoms. The second-order valence-corrected chi connectivity index (χ2v) is 5.71. The third-order valence-corrected chi connectivity index (χ3v) is 4.08. The van der Waals surface area contributed by atoms with Gasteiger partial charge in [0, 0.05) is 5.69 Å². The highest BCUT2D eigenvalue weighted by Crippen LogP contribution is 2.25. The molecule has 21 heavy (non-hydrogen) atoms. The summed E-state index contributed by atoms with van der Waals surface area (Å²) in [5.74, 6) is -0.170. The van der Waals surface area contributed by atoms with Crippen LogP contribution in [0.1, 0.15) is 34.7 Å². The number of nitrogens with two attached hydrogens (primary N) is 1. The molecule has 0 aromatic heterocycles. The van der Waals surface area contributed by atoms with Crippen LogP contribution in [-0.2, 0) is 17.6 Å². The van der Waals surface area contributed by atoms with Gasteiger partial charge >= 0.3 is 0 Å². The lowest BCUT2D eigenvalue weighted by Gasteiger charge is -2.13. The highest BCUT2D eigenvalue weighted by Gasteiger charge is 2.17. The van der Waals surface area contributed by atoms with E-state index in [9.17, 15) is 4.79 Å². The average molecular weight is 280 g/mol. The predicted molar refractivity (Wildman–Crippen MR) is 85.2 cm³/mol. The number of carbonyl (C=O) groups excluding carboxylic acids is 1. The molecule has 0 bridgehead atoms. The van der Waals surface area contributed by atoms with Gasteiger partial charge in [-0.15, -0.1) is 0 Å². The van der Waals surface area contributed by atoms with Gasteiger partial charge in [0.2, 0.25) is 5.91 Å². The molecule has 3 nitrogen and oxygen atoms in total. The Morgan fingerprint density at radius 3 is 2.57 bits per heavy atom. The smallest absolute Gasteiger partial charge is 0.245 e. The number of benzene rings is 2. The van der Waals surface area contributed by atoms with E-state index in [2.05, 4.69) is 17.4 Å². The molecule has 0 saturated carbocycles. The number of hydrogen-bond donors (Lipinski definition) is 2. The summed E-state index contributed by atoms with van der Waals surface area (Å²) in [5, 5.41) is 2.92. The zero-order valence-electron chi connectivity index (χ0n) is 12.2. The van der Waals surface area contributed by atoms with E-state index in [0.717, 1.165) is 29.7 Å². The lowest BCUT2D eigenvalue weighted by molar-refractivity contribution is -0.117. The van der Waals surface area contributed by atoms with Crippen LogP contribution in [0.5, 0.6) is 0 Å². The number of nitrogens with one attached hydrogen (secondary N) is 1. The van der Waals surface area contributed by atoms with Crippen molar-refractivity contribution in [3.63, 3.8) is 0 Å². The zero-order chi connectivity index (χ0) is 14.8. The Hall–Kier alpha value is -2.13. The molecule has 1 amide bonds. The molecule has 108 valence electrons. The van der Waals surface area contributed by atoms with Gasteiger partial charge in [-0.25, -0.2) is 0 Å². The molecule has 0 saturated heterocycles. The summed E-state index contributed by atoms with van der Waals surface area (Å²) in [4.78, 5) is 12.3. The molecule has 0 spiro atoms. The first-order valence-corrected chi connectivity index (χ1v) is 7.38. The number of rotatable bonds is 3. The molecule has 0 radical (unpaired) electrons. The fourth-order valence-electron chi connectivity index (χ4n) is 2.79. The molecule has 1 atom stereocenters. The van der Waals surface area contributed by atoms with Crippen LogP contribution >= 0.6 is 0 Å². The quantitative estimate of drug-likeness (QED) is 0.907. The lowest BCUT2D eigenvalue weighted by atomic mass is 10.0. The van der Waals surface area contributed by atoms with Crippen molar-refractivity contribution in [3.8, 4) is 0 Å². The number of amides is 1. The normalized spacial score (nSPS) is 14.6. The Kier molecular flexibility index (Phi) is 3.76. The van der Waals surface area contributed by atoms with Gasteiger partial charge in [0.1, 0.15) is 6.04 Å². The van der Waals surface area contributed by atoms with Crippen LogP contribution in [0.3, 0.4) is 0 Å². The van der Waals surface area contributed by atoms with Crippen LogP contribution < -0.4 is 11.1 Å². The summed E-state index contributed by atoms with van der Waals surface area (Å²) in [6.45, 7) is 2.01. The van der Waals surface area contributed by atoms with Crippen LogP contribution in [-0.4, -0.2) is 5.91 Å². The van der Waals surface area contributed by atoms with Crippen LogP contribution in [0.15, 0.2) is 42.5 Å². The molecule has 2 aromatic rings. The number of aryl methyl sites for hydroxylation is 3. The third-order valence-electron chi connectivity index (χ3n) is 4.08. The second kappa shape index (κ2) is 5.70. The molecule has 0 fully saturated rings. The molecule has 1 unspecified atom stereocenters. The first-order valence-electron chi connectivity index (χ1n) is 7.38. The molecular weight excluding hydrogens is 260 g/mol. The fourth-order valence-corrected chi connectivity index (χ4v) is 2.79. The number of hydrogen-bond acceptors (Lipinski definition) is 2. The maximum absolute atomic E-state index is 12.3. The van der Waals surface area contributed by atoms with Crippen LogP contribution in [0.2, 0.25) is 0 Å². The molecule has 2 aromatic carbocycles. The molecule has 3 rings (SSSR count). The minimum atomic E-state index is -0.640. The first kappa shape index (κ1) is 13.8. The van der Waals surface area contributed by atoms with Crippen LogP contribution in [0.4, 0.5) is 5.69 Å². The zero-order valence-corrected chi connectivity index (χ0v) is 12.2. The molecular formula is C18H20N2O. The van der Waals surface area contributed by atoms with Gasteiger partial charge in [0.05, 0.1) is 0 Å². The average Bonchev–Trinajstić information content (AvgIpc) is 2.95. The van der Waals surface area contributed by atoms with Crippen molar-refractivity contribution in [2.24, 2.45) is 5.73 Å². The van der Waals surface area contributed by atoms with Crippen molar-refractivity contribution in [2.45, 2.75) is 32.2 Å². The highest BCUT2D eigenvalue weighted by molar-refractivity contribution is 5.95. The summed E-state index contributed by atoms with van der Waals surface area (Å²) in [7, 11) is 0. The standard InChI is InChI=1S/C18H20N2O/c1-12-5-7-14(8-6-12)17(19)18(21)20-16-10-9-13-3-2-4-15(13)11-16/h5-11,17H,2-4,19H2,1H3,(H,20,21). The Morgan fingerprint density at radius 1 is 1.10 bits per heavy atom. The van der Waals surface area contributed by atoms with Gasteiger partial charge in [-0.2, -0.15) is 0 Å². The summed E-state index contributed by atoms with van der Waals surface area (Å²) in [6, 6.07) is 13.3. The van der Waals surface area contributed by atoms with Crippen LogP contribution in [0, 0.1) is 6.92 Å². The van der Waals surface area contributed by atoms with Crippen molar-refractivity contribution in [1.29, 1.82) is 0 Å². The van der Waals surface area contributed by atoms with Crippen molar-refractivity contribution in [1.82, 2.24) is 0 Å². The van der Waals surface area contributed by atoms with E-state index >= 15 is 0 Å². The first-order chi connectivity index (χ1) is 10.1. The molecule has 1 aliphatic carbocycles. The lowest BCUT2D eigenvalue weighted by Crippen LogP contribution is -2.27. The van der Waals surface area contributed by atoms with Crippen molar-refractivity contribution in [3.05, 3.63) is 64.7 Å². The summed E-state index contributed by atoms with van der Waals surface area (Å²) >= 11 is 0. The topological polar surface area (TPSA) is 55.1 Å². The van der Waals surface area contributed by atoms with E-state index in [0.29, 0.717) is 0 Å². The highest BCUT2D eigenvalue weighted by atomic mass is 16.2. The maximum atomic E-state index is 12.3. The molecule has 1 aliphatic rings. The largest absolute Gasteiger partial charge is 0.324 e. The second-order valence-electron chi connectivity index (χ2n) is 5.71. The molecule has 3 N–H and O–H groups in total. The van der Waals surface area contributed by atoms with E-state index < -0.39 is 6.04 Å². The SMILES string of the molecule is Cc1ccc(C(N)C(=O)Nc2ccc3c(c2)CCC3)cc1. The Labute approximate surface area is 125 Å². The summed E-state index contributed by atoms with van der Waals surface area (Å²) in [6.07, 6.45) is 3.45. The van der Waals surface area contributed by atoms with E-state index in [-0.39, 0.29) is 5.91 Å². The van der Waals surface area contributed by atoms with Gasteiger partial charge < -0.3 is 11.1 Å². The number of fused-ring (bicyclic) bond motifs is 1. The third kappa shape index (κ3) is 2.98. The summed E-state index contributed by atoms with van der Waals surface area (Å²) < 4.78 is 0. The van der Waals surface area contributed by atoms with Crippen molar-refractivity contribution < 1.29 is 4.79 Å². The monoisotopic (exact) mass is 280 g/mol.